The molecule has 0 aromatic heterocycles. The maximum Gasteiger partial charge on any atom is 0.347 e. The zero-order valence-electron chi connectivity index (χ0n) is 8.11. The number of carbonyl (C=O) groups is 1. The Labute approximate surface area is 84.6 Å². The second kappa shape index (κ2) is 4.04. The van der Waals surface area contributed by atoms with Crippen LogP contribution >= 0.6 is 0 Å². The molecule has 0 aliphatic rings. The number of rotatable bonds is 2. The Morgan fingerprint density at radius 2 is 2.13 bits per heavy atom. The van der Waals surface area contributed by atoms with Crippen LogP contribution in [0.2, 0.25) is 0 Å². The van der Waals surface area contributed by atoms with E-state index in [1.807, 2.05) is 0 Å². The molecule has 1 rings (SSSR count). The molecule has 1 aromatic carbocycles. The Morgan fingerprint density at radius 1 is 1.53 bits per heavy atom. The lowest BCUT2D eigenvalue weighted by Crippen LogP contribution is -2.09. The van der Waals surface area contributed by atoms with Crippen LogP contribution in [0.4, 0.5) is 10.1 Å². The van der Waals surface area contributed by atoms with Crippen LogP contribution in [-0.4, -0.2) is 18.0 Å². The molecular formula is C9H8FNO4. The van der Waals surface area contributed by atoms with Crippen molar-refractivity contribution in [2.45, 2.75) is 6.92 Å². The minimum Gasteiger partial charge on any atom is -0.465 e. The standard InChI is InChI=1S/C9H8FNO4/c1-5-3-6(10)8(9(12)15-2)7(4-5)11(13)14/h3-4H,1-2H3. The van der Waals surface area contributed by atoms with Crippen molar-refractivity contribution >= 4 is 11.7 Å². The highest BCUT2D eigenvalue weighted by Crippen LogP contribution is 2.24. The molecule has 5 nitrogen and oxygen atoms in total. The van der Waals surface area contributed by atoms with Crippen LogP contribution < -0.4 is 0 Å². The van der Waals surface area contributed by atoms with Crippen LogP contribution in [0.3, 0.4) is 0 Å². The van der Waals surface area contributed by atoms with Crippen molar-refractivity contribution < 1.29 is 18.8 Å². The molecule has 0 N–H and O–H groups in total. The van der Waals surface area contributed by atoms with E-state index >= 15 is 0 Å². The molecule has 0 spiro atoms. The van der Waals surface area contributed by atoms with Crippen LogP contribution in [0, 0.1) is 22.9 Å². The fraction of sp³-hybridized carbons (Fsp3) is 0.222. The largest absolute Gasteiger partial charge is 0.465 e. The number of carbonyl (C=O) groups excluding carboxylic acids is 1. The molecule has 0 aliphatic carbocycles. The fourth-order valence-electron chi connectivity index (χ4n) is 1.17. The van der Waals surface area contributed by atoms with Gasteiger partial charge >= 0.3 is 5.97 Å². The van der Waals surface area contributed by atoms with Gasteiger partial charge in [-0.2, -0.15) is 0 Å². The first-order chi connectivity index (χ1) is 6.97. The SMILES string of the molecule is COC(=O)c1c(F)cc(C)cc1[N+](=O)[O-]. The third-order valence-corrected chi connectivity index (χ3v) is 1.80. The van der Waals surface area contributed by atoms with E-state index in [2.05, 4.69) is 4.74 Å². The summed E-state index contributed by atoms with van der Waals surface area (Å²) in [6.07, 6.45) is 0. The van der Waals surface area contributed by atoms with E-state index in [1.165, 1.54) is 6.92 Å². The number of nitrogens with zero attached hydrogens (tertiary/aromatic N) is 1. The maximum atomic E-state index is 13.3. The molecule has 0 saturated carbocycles. The highest BCUT2D eigenvalue weighted by Gasteiger charge is 2.25. The summed E-state index contributed by atoms with van der Waals surface area (Å²) in [6, 6.07) is 2.16. The molecule has 80 valence electrons. The highest BCUT2D eigenvalue weighted by atomic mass is 19.1. The van der Waals surface area contributed by atoms with Crippen molar-refractivity contribution in [3.63, 3.8) is 0 Å². The number of aryl methyl sites for hydroxylation is 1. The van der Waals surface area contributed by atoms with E-state index < -0.39 is 28.0 Å². The summed E-state index contributed by atoms with van der Waals surface area (Å²) in [5, 5.41) is 10.6. The number of nitro groups is 1. The Hall–Kier alpha value is -1.98. The minimum atomic E-state index is -1.06. The van der Waals surface area contributed by atoms with Crippen LogP contribution in [0.1, 0.15) is 15.9 Å². The van der Waals surface area contributed by atoms with Crippen molar-refractivity contribution in [1.82, 2.24) is 0 Å². The highest BCUT2D eigenvalue weighted by molar-refractivity contribution is 5.94. The summed E-state index contributed by atoms with van der Waals surface area (Å²) in [7, 11) is 1.03. The first kappa shape index (κ1) is 11.1. The van der Waals surface area contributed by atoms with Crippen LogP contribution in [0.5, 0.6) is 0 Å². The summed E-state index contributed by atoms with van der Waals surface area (Å²) in [4.78, 5) is 20.9. The Morgan fingerprint density at radius 3 is 2.60 bits per heavy atom. The summed E-state index contributed by atoms with van der Waals surface area (Å²) in [5.41, 5.74) is -0.862. The minimum absolute atomic E-state index is 0.367. The molecule has 1 aromatic rings. The predicted molar refractivity (Wildman–Crippen MR) is 49.1 cm³/mol. The first-order valence-corrected chi connectivity index (χ1v) is 4.00. The number of nitro benzene ring substituents is 1. The van der Waals surface area contributed by atoms with Gasteiger partial charge in [0.05, 0.1) is 12.0 Å². The van der Waals surface area contributed by atoms with E-state index in [9.17, 15) is 19.3 Å². The third-order valence-electron chi connectivity index (χ3n) is 1.80. The van der Waals surface area contributed by atoms with E-state index in [0.29, 0.717) is 5.56 Å². The summed E-state index contributed by atoms with van der Waals surface area (Å²) < 4.78 is 17.6. The van der Waals surface area contributed by atoms with Crippen LogP contribution in [-0.2, 0) is 4.74 Å². The Kier molecular flexibility index (Phi) is 2.99. The van der Waals surface area contributed by atoms with Crippen molar-refractivity contribution in [3.8, 4) is 0 Å². The third kappa shape index (κ3) is 2.09. The number of esters is 1. The number of halogens is 1. The molecule has 0 fully saturated rings. The molecular weight excluding hydrogens is 205 g/mol. The Bertz CT molecular complexity index is 430. The van der Waals surface area contributed by atoms with E-state index in [-0.39, 0.29) is 0 Å². The van der Waals surface area contributed by atoms with Gasteiger partial charge in [0.25, 0.3) is 5.69 Å². The molecule has 0 radical (unpaired) electrons. The van der Waals surface area contributed by atoms with Gasteiger partial charge in [0, 0.05) is 6.07 Å². The maximum absolute atomic E-state index is 13.3. The van der Waals surface area contributed by atoms with Gasteiger partial charge in [-0.25, -0.2) is 9.18 Å². The van der Waals surface area contributed by atoms with Gasteiger partial charge < -0.3 is 4.74 Å². The molecule has 0 bridgehead atoms. The monoisotopic (exact) mass is 213 g/mol. The average Bonchev–Trinajstić information content (AvgIpc) is 2.15. The first-order valence-electron chi connectivity index (χ1n) is 4.00. The molecule has 15 heavy (non-hydrogen) atoms. The van der Waals surface area contributed by atoms with Crippen molar-refractivity contribution in [2.75, 3.05) is 7.11 Å². The number of hydrogen-bond donors (Lipinski definition) is 0. The van der Waals surface area contributed by atoms with Gasteiger partial charge in [-0.15, -0.1) is 0 Å². The number of hydrogen-bond acceptors (Lipinski definition) is 4. The molecule has 0 heterocycles. The second-order valence-corrected chi connectivity index (χ2v) is 2.89. The quantitative estimate of drug-likeness (QED) is 0.427. The Balaban J connectivity index is 3.46. The lowest BCUT2D eigenvalue weighted by molar-refractivity contribution is -0.385. The molecule has 0 unspecified atom stereocenters. The topological polar surface area (TPSA) is 69.4 Å². The second-order valence-electron chi connectivity index (χ2n) is 2.89. The van der Waals surface area contributed by atoms with E-state index in [0.717, 1.165) is 19.2 Å². The molecule has 0 amide bonds. The smallest absolute Gasteiger partial charge is 0.347 e. The normalized spacial score (nSPS) is 9.80. The van der Waals surface area contributed by atoms with Gasteiger partial charge in [0.1, 0.15) is 5.82 Å². The lowest BCUT2D eigenvalue weighted by atomic mass is 10.1. The van der Waals surface area contributed by atoms with Crippen molar-refractivity contribution in [2.24, 2.45) is 0 Å². The molecule has 0 atom stereocenters. The number of ether oxygens (including phenoxy) is 1. The average molecular weight is 213 g/mol. The van der Waals surface area contributed by atoms with Gasteiger partial charge in [-0.05, 0) is 18.6 Å². The van der Waals surface area contributed by atoms with Gasteiger partial charge in [0.2, 0.25) is 0 Å². The van der Waals surface area contributed by atoms with E-state index in [4.69, 9.17) is 0 Å². The molecule has 0 aliphatic heterocycles. The van der Waals surface area contributed by atoms with Gasteiger partial charge in [0.15, 0.2) is 5.56 Å². The van der Waals surface area contributed by atoms with Gasteiger partial charge in [-0.1, -0.05) is 0 Å². The van der Waals surface area contributed by atoms with Crippen LogP contribution in [0.15, 0.2) is 12.1 Å². The zero-order chi connectivity index (χ0) is 11.6. The molecule has 6 heteroatoms. The lowest BCUT2D eigenvalue weighted by Gasteiger charge is -2.03. The summed E-state index contributed by atoms with van der Waals surface area (Å²) in [6.45, 7) is 1.50. The zero-order valence-corrected chi connectivity index (χ0v) is 8.11. The fourth-order valence-corrected chi connectivity index (χ4v) is 1.17. The summed E-state index contributed by atoms with van der Waals surface area (Å²) in [5.74, 6) is -2.01. The van der Waals surface area contributed by atoms with E-state index in [1.54, 1.807) is 0 Å². The predicted octanol–water partition coefficient (Wildman–Crippen LogP) is 1.83. The number of benzene rings is 1. The van der Waals surface area contributed by atoms with Crippen LogP contribution in [0.25, 0.3) is 0 Å². The summed E-state index contributed by atoms with van der Waals surface area (Å²) >= 11 is 0. The molecule has 0 saturated heterocycles. The van der Waals surface area contributed by atoms with Crippen molar-refractivity contribution in [3.05, 3.63) is 39.2 Å². The van der Waals surface area contributed by atoms with Gasteiger partial charge in [-0.3, -0.25) is 10.1 Å². The number of methoxy groups -OCH3 is 1. The van der Waals surface area contributed by atoms with Crippen molar-refractivity contribution in [1.29, 1.82) is 0 Å².